The molecule has 8 nitrogen and oxygen atoms in total. The average molecular weight is 467 g/mol. The highest BCUT2D eigenvalue weighted by Gasteiger charge is 2.27. The monoisotopic (exact) mass is 466 g/mol. The van der Waals surface area contributed by atoms with E-state index in [2.05, 4.69) is 10.5 Å². The minimum Gasteiger partial charge on any atom is -0.508 e. The fourth-order valence-corrected chi connectivity index (χ4v) is 4.29. The van der Waals surface area contributed by atoms with Crippen molar-refractivity contribution in [2.24, 2.45) is 0 Å². The Bertz CT molecular complexity index is 1150. The van der Waals surface area contributed by atoms with Crippen molar-refractivity contribution in [3.8, 4) is 33.9 Å². The van der Waals surface area contributed by atoms with Crippen LogP contribution in [0.4, 0.5) is 0 Å². The summed E-state index contributed by atoms with van der Waals surface area (Å²) in [7, 11) is 0. The number of rotatable bonds is 7. The Kier molecular flexibility index (Phi) is 7.19. The van der Waals surface area contributed by atoms with Crippen LogP contribution in [0.5, 0.6) is 11.5 Å². The number of amides is 1. The largest absolute Gasteiger partial charge is 0.508 e. The number of aromatic hydroxyl groups is 2. The van der Waals surface area contributed by atoms with E-state index in [-0.39, 0.29) is 34.8 Å². The molecule has 0 unspecified atom stereocenters. The van der Waals surface area contributed by atoms with E-state index < -0.39 is 0 Å². The number of benzene rings is 2. The number of aromatic nitrogens is 1. The van der Waals surface area contributed by atoms with E-state index in [4.69, 9.17) is 9.26 Å². The zero-order valence-corrected chi connectivity index (χ0v) is 19.9. The molecule has 180 valence electrons. The van der Waals surface area contributed by atoms with E-state index in [1.807, 2.05) is 45.0 Å². The second-order valence-corrected chi connectivity index (χ2v) is 8.91. The van der Waals surface area contributed by atoms with Gasteiger partial charge in [0, 0.05) is 18.2 Å². The van der Waals surface area contributed by atoms with Crippen molar-refractivity contribution in [3.63, 3.8) is 0 Å². The summed E-state index contributed by atoms with van der Waals surface area (Å²) in [5.74, 6) is -0.176. The van der Waals surface area contributed by atoms with Crippen LogP contribution in [0.25, 0.3) is 22.5 Å². The van der Waals surface area contributed by atoms with Crippen LogP contribution in [-0.4, -0.2) is 54.1 Å². The Morgan fingerprint density at radius 1 is 1.12 bits per heavy atom. The van der Waals surface area contributed by atoms with Crippen LogP contribution >= 0.6 is 0 Å². The molecule has 8 heteroatoms. The molecule has 0 radical (unpaired) electrons. The highest BCUT2D eigenvalue weighted by Crippen LogP contribution is 2.43. The molecule has 1 amide bonds. The van der Waals surface area contributed by atoms with Gasteiger partial charge in [0.2, 0.25) is 0 Å². The Hall–Kier alpha value is -3.36. The molecule has 2 heterocycles. The van der Waals surface area contributed by atoms with Gasteiger partial charge in [-0.2, -0.15) is 0 Å². The van der Waals surface area contributed by atoms with E-state index in [0.29, 0.717) is 23.2 Å². The van der Waals surface area contributed by atoms with E-state index in [1.54, 1.807) is 6.07 Å². The molecule has 1 saturated heterocycles. The van der Waals surface area contributed by atoms with Crippen molar-refractivity contribution in [2.75, 3.05) is 32.8 Å². The molecule has 0 aliphatic carbocycles. The fourth-order valence-electron chi connectivity index (χ4n) is 4.29. The van der Waals surface area contributed by atoms with Crippen molar-refractivity contribution in [1.29, 1.82) is 0 Å². The van der Waals surface area contributed by atoms with E-state index in [0.717, 1.165) is 38.4 Å². The van der Waals surface area contributed by atoms with Crippen LogP contribution < -0.4 is 10.2 Å². The number of nitrogens with zero attached hydrogens (tertiary/aromatic N) is 1. The standard InChI is InChI=1S/C26H31N3O5/c1-4-27-26(32)24-23(18-7-5-17(6-8-18)15-29-9-11-33-12-10-29)25(34-28-24)20-13-19(16(2)3)21(30)14-22(20)31/h5-8,13-14,16,30-31H,4,9-12,15H2,1-3H3,(H,27,32)/p+1. The number of quaternary nitrogens is 1. The maximum Gasteiger partial charge on any atom is 0.274 e. The summed E-state index contributed by atoms with van der Waals surface area (Å²) in [5, 5.41) is 27.7. The van der Waals surface area contributed by atoms with Crippen molar-refractivity contribution >= 4 is 5.91 Å². The van der Waals surface area contributed by atoms with Crippen molar-refractivity contribution in [2.45, 2.75) is 33.2 Å². The molecule has 1 aliphatic heterocycles. The van der Waals surface area contributed by atoms with Gasteiger partial charge in [-0.05, 0) is 30.0 Å². The molecular formula is C26H32N3O5+. The van der Waals surface area contributed by atoms with Gasteiger partial charge in [0.05, 0.1) is 24.3 Å². The summed E-state index contributed by atoms with van der Waals surface area (Å²) in [6.45, 7) is 10.6. The van der Waals surface area contributed by atoms with Crippen LogP contribution in [0, 0.1) is 0 Å². The number of phenols is 2. The van der Waals surface area contributed by atoms with Gasteiger partial charge < -0.3 is 29.7 Å². The molecule has 1 aliphatic rings. The Balaban J connectivity index is 1.76. The first kappa shape index (κ1) is 23.8. The average Bonchev–Trinajstić information content (AvgIpc) is 3.25. The molecule has 2 aromatic carbocycles. The minimum atomic E-state index is -0.350. The number of hydrogen-bond acceptors (Lipinski definition) is 6. The van der Waals surface area contributed by atoms with Crippen molar-refractivity contribution < 1.29 is 29.2 Å². The Morgan fingerprint density at radius 2 is 1.82 bits per heavy atom. The first-order valence-electron chi connectivity index (χ1n) is 11.7. The lowest BCUT2D eigenvalue weighted by Gasteiger charge is -2.23. The number of ether oxygens (including phenoxy) is 1. The molecule has 0 saturated carbocycles. The number of carbonyl (C=O) groups is 1. The molecule has 1 fully saturated rings. The van der Waals surface area contributed by atoms with Gasteiger partial charge in [-0.1, -0.05) is 43.3 Å². The van der Waals surface area contributed by atoms with Gasteiger partial charge in [0.1, 0.15) is 31.1 Å². The van der Waals surface area contributed by atoms with Gasteiger partial charge in [0.25, 0.3) is 5.91 Å². The first-order valence-corrected chi connectivity index (χ1v) is 11.7. The summed E-state index contributed by atoms with van der Waals surface area (Å²) >= 11 is 0. The van der Waals surface area contributed by atoms with Gasteiger partial charge in [0.15, 0.2) is 11.5 Å². The predicted molar refractivity (Wildman–Crippen MR) is 128 cm³/mol. The quantitative estimate of drug-likeness (QED) is 0.426. The summed E-state index contributed by atoms with van der Waals surface area (Å²) in [4.78, 5) is 14.3. The van der Waals surface area contributed by atoms with Gasteiger partial charge >= 0.3 is 0 Å². The second kappa shape index (κ2) is 10.3. The van der Waals surface area contributed by atoms with Crippen molar-refractivity contribution in [1.82, 2.24) is 10.5 Å². The van der Waals surface area contributed by atoms with E-state index in [9.17, 15) is 15.0 Å². The third kappa shape index (κ3) is 4.93. The topological polar surface area (TPSA) is 109 Å². The maximum atomic E-state index is 12.8. The molecule has 4 N–H and O–H groups in total. The molecule has 0 atom stereocenters. The molecular weight excluding hydrogens is 434 g/mol. The Labute approximate surface area is 199 Å². The number of phenolic OH excluding ortho intramolecular Hbond substituents is 2. The molecule has 4 rings (SSSR count). The number of hydrogen-bond donors (Lipinski definition) is 4. The van der Waals surface area contributed by atoms with Crippen molar-refractivity contribution in [3.05, 3.63) is 53.2 Å². The highest BCUT2D eigenvalue weighted by atomic mass is 16.5. The van der Waals surface area contributed by atoms with Gasteiger partial charge in [-0.25, -0.2) is 0 Å². The SMILES string of the molecule is CCNC(=O)c1noc(-c2cc(C(C)C)c(O)cc2O)c1-c1ccc(C[NH+]2CCOCC2)cc1. The predicted octanol–water partition coefficient (Wildman–Crippen LogP) is 2.71. The summed E-state index contributed by atoms with van der Waals surface area (Å²) in [6.07, 6.45) is 0. The number of morpholine rings is 1. The lowest BCUT2D eigenvalue weighted by molar-refractivity contribution is -0.921. The summed E-state index contributed by atoms with van der Waals surface area (Å²) in [5.41, 5.74) is 3.65. The molecule has 1 aromatic heterocycles. The van der Waals surface area contributed by atoms with E-state index in [1.165, 1.54) is 16.5 Å². The van der Waals surface area contributed by atoms with Crippen LogP contribution in [0.15, 0.2) is 40.9 Å². The molecule has 34 heavy (non-hydrogen) atoms. The minimum absolute atomic E-state index is 0.0104. The molecule has 3 aromatic rings. The Morgan fingerprint density at radius 3 is 2.47 bits per heavy atom. The summed E-state index contributed by atoms with van der Waals surface area (Å²) < 4.78 is 11.1. The zero-order valence-electron chi connectivity index (χ0n) is 19.9. The van der Waals surface area contributed by atoms with Gasteiger partial charge in [-0.15, -0.1) is 0 Å². The maximum absolute atomic E-state index is 12.8. The molecule has 0 bridgehead atoms. The van der Waals surface area contributed by atoms with Crippen LogP contribution in [0.1, 0.15) is 48.3 Å². The highest BCUT2D eigenvalue weighted by molar-refractivity contribution is 6.02. The first-order chi connectivity index (χ1) is 16.4. The lowest BCUT2D eigenvalue weighted by Crippen LogP contribution is -3.12. The third-order valence-electron chi connectivity index (χ3n) is 6.15. The number of nitrogens with one attached hydrogen (secondary N) is 2. The van der Waals surface area contributed by atoms with Gasteiger partial charge in [-0.3, -0.25) is 4.79 Å². The third-order valence-corrected chi connectivity index (χ3v) is 6.15. The van der Waals surface area contributed by atoms with Crippen LogP contribution in [0.2, 0.25) is 0 Å². The van der Waals surface area contributed by atoms with Crippen LogP contribution in [0.3, 0.4) is 0 Å². The lowest BCUT2D eigenvalue weighted by atomic mass is 9.94. The van der Waals surface area contributed by atoms with Crippen LogP contribution in [-0.2, 0) is 11.3 Å². The summed E-state index contributed by atoms with van der Waals surface area (Å²) in [6, 6.07) is 11.0. The normalized spacial score (nSPS) is 14.5. The second-order valence-electron chi connectivity index (χ2n) is 8.91. The fraction of sp³-hybridized carbons (Fsp3) is 0.385. The smallest absolute Gasteiger partial charge is 0.274 e. The zero-order chi connectivity index (χ0) is 24.2. The van der Waals surface area contributed by atoms with E-state index >= 15 is 0 Å². The molecule has 0 spiro atoms. The number of carbonyl (C=O) groups excluding carboxylic acids is 1.